The van der Waals surface area contributed by atoms with Gasteiger partial charge in [-0.1, -0.05) is 24.3 Å². The molecule has 148 valence electrons. The summed E-state index contributed by atoms with van der Waals surface area (Å²) in [6.07, 6.45) is 1.53. The monoisotopic (exact) mass is 394 g/mol. The van der Waals surface area contributed by atoms with E-state index in [0.717, 1.165) is 0 Å². The van der Waals surface area contributed by atoms with Crippen molar-refractivity contribution < 1.29 is 18.7 Å². The normalized spacial score (nSPS) is 10.4. The van der Waals surface area contributed by atoms with Crippen LogP contribution in [0.4, 0.5) is 10.1 Å². The van der Waals surface area contributed by atoms with Gasteiger partial charge in [-0.15, -0.1) is 0 Å². The number of nitrogens with zero attached hydrogens (tertiary/aromatic N) is 2. The van der Waals surface area contributed by atoms with E-state index >= 15 is 0 Å². The number of amides is 1. The summed E-state index contributed by atoms with van der Waals surface area (Å²) in [5.41, 5.74) is 0.558. The molecule has 7 heteroatoms. The van der Waals surface area contributed by atoms with Crippen LogP contribution in [0.1, 0.15) is 26.3 Å². The van der Waals surface area contributed by atoms with Gasteiger partial charge in [-0.05, 0) is 42.0 Å². The lowest BCUT2D eigenvalue weighted by atomic mass is 10.1. The third-order valence-electron chi connectivity index (χ3n) is 4.47. The zero-order valence-corrected chi connectivity index (χ0v) is 16.0. The molecule has 6 nitrogen and oxygen atoms in total. The molecule has 0 saturated heterocycles. The Bertz CT molecular complexity index is 1120. The van der Waals surface area contributed by atoms with Gasteiger partial charge in [-0.3, -0.25) is 9.59 Å². The summed E-state index contributed by atoms with van der Waals surface area (Å²) in [5.74, 6) is -1.56. The van der Waals surface area contributed by atoms with Crippen LogP contribution in [0.5, 0.6) is 0 Å². The highest BCUT2D eigenvalue weighted by molar-refractivity contribution is 6.09. The van der Waals surface area contributed by atoms with Crippen LogP contribution in [0, 0.1) is 5.82 Å². The number of halogens is 1. The number of ether oxygens (including phenoxy) is 1. The number of anilines is 1. The molecule has 3 aromatic rings. The van der Waals surface area contributed by atoms with Crippen molar-refractivity contribution in [3.05, 3.63) is 99.7 Å². The average molecular weight is 394 g/mol. The highest BCUT2D eigenvalue weighted by Crippen LogP contribution is 2.21. The molecule has 3 rings (SSSR count). The van der Waals surface area contributed by atoms with Gasteiger partial charge in [0.1, 0.15) is 11.4 Å². The van der Waals surface area contributed by atoms with Crippen molar-refractivity contribution in [3.63, 3.8) is 0 Å². The maximum atomic E-state index is 13.4. The predicted octanol–water partition coefficient (Wildman–Crippen LogP) is 3.10. The first-order valence-electron chi connectivity index (χ1n) is 8.81. The molecule has 1 aromatic heterocycles. The van der Waals surface area contributed by atoms with Crippen molar-refractivity contribution in [2.24, 2.45) is 0 Å². The molecule has 0 aliphatic heterocycles. The number of para-hydroxylation sites is 1. The number of pyridine rings is 1. The molecule has 0 fully saturated rings. The first kappa shape index (κ1) is 20.0. The minimum absolute atomic E-state index is 0.0638. The molecule has 1 amide bonds. The number of hydrogen-bond acceptors (Lipinski definition) is 4. The van der Waals surface area contributed by atoms with Crippen molar-refractivity contribution in [2.45, 2.75) is 6.54 Å². The van der Waals surface area contributed by atoms with Gasteiger partial charge in [0.05, 0.1) is 24.9 Å². The number of rotatable bonds is 5. The lowest BCUT2D eigenvalue weighted by Gasteiger charge is -2.20. The van der Waals surface area contributed by atoms with Crippen LogP contribution in [0.2, 0.25) is 0 Å². The molecule has 0 spiro atoms. The van der Waals surface area contributed by atoms with Gasteiger partial charge >= 0.3 is 5.97 Å². The Labute approximate surface area is 166 Å². The molecular formula is C22H19FN2O4. The Balaban J connectivity index is 1.94. The summed E-state index contributed by atoms with van der Waals surface area (Å²) in [4.78, 5) is 39.1. The van der Waals surface area contributed by atoms with E-state index < -0.39 is 23.3 Å². The second-order valence-electron chi connectivity index (χ2n) is 6.36. The summed E-state index contributed by atoms with van der Waals surface area (Å²) in [6, 6.07) is 15.4. The molecule has 0 aliphatic rings. The van der Waals surface area contributed by atoms with E-state index in [4.69, 9.17) is 4.74 Å². The standard InChI is InChI=1S/C22H19FN2O4/c1-24(19-11-4-3-9-17(19)22(28)29-2)20(26)18-10-6-12-25(21(18)27)14-15-7-5-8-16(23)13-15/h3-13H,14H2,1-2H3. The van der Waals surface area contributed by atoms with E-state index in [-0.39, 0.29) is 17.7 Å². The maximum absolute atomic E-state index is 13.4. The first-order valence-corrected chi connectivity index (χ1v) is 8.81. The van der Waals surface area contributed by atoms with Gasteiger partial charge in [0.2, 0.25) is 0 Å². The summed E-state index contributed by atoms with van der Waals surface area (Å²) in [7, 11) is 2.73. The van der Waals surface area contributed by atoms with Crippen LogP contribution < -0.4 is 10.5 Å². The van der Waals surface area contributed by atoms with Crippen LogP contribution in [0.15, 0.2) is 71.7 Å². The number of aromatic nitrogens is 1. The minimum Gasteiger partial charge on any atom is -0.465 e. The van der Waals surface area contributed by atoms with E-state index in [9.17, 15) is 18.8 Å². The number of benzene rings is 2. The Hall–Kier alpha value is -3.74. The van der Waals surface area contributed by atoms with Gasteiger partial charge in [0, 0.05) is 13.2 Å². The smallest absolute Gasteiger partial charge is 0.339 e. The molecule has 1 heterocycles. The van der Waals surface area contributed by atoms with Crippen LogP contribution in [0.3, 0.4) is 0 Å². The molecule has 29 heavy (non-hydrogen) atoms. The van der Waals surface area contributed by atoms with Crippen molar-refractivity contribution >= 4 is 17.6 Å². The number of hydrogen-bond donors (Lipinski definition) is 0. The lowest BCUT2D eigenvalue weighted by molar-refractivity contribution is 0.0601. The highest BCUT2D eigenvalue weighted by Gasteiger charge is 2.22. The summed E-state index contributed by atoms with van der Waals surface area (Å²) in [5, 5.41) is 0. The SMILES string of the molecule is COC(=O)c1ccccc1N(C)C(=O)c1cccn(Cc2cccc(F)c2)c1=O. The topological polar surface area (TPSA) is 68.6 Å². The number of esters is 1. The van der Waals surface area contributed by atoms with Crippen LogP contribution in [-0.4, -0.2) is 30.6 Å². The summed E-state index contributed by atoms with van der Waals surface area (Å²) < 4.78 is 19.5. The van der Waals surface area contributed by atoms with E-state index in [1.54, 1.807) is 36.4 Å². The minimum atomic E-state index is -0.586. The van der Waals surface area contributed by atoms with Crippen LogP contribution in [0.25, 0.3) is 0 Å². The Morgan fingerprint density at radius 2 is 1.76 bits per heavy atom. The Kier molecular flexibility index (Phi) is 5.87. The zero-order chi connectivity index (χ0) is 21.0. The van der Waals surface area contributed by atoms with Crippen molar-refractivity contribution in [2.75, 3.05) is 19.1 Å². The van der Waals surface area contributed by atoms with Gasteiger partial charge in [-0.25, -0.2) is 9.18 Å². The third kappa shape index (κ3) is 4.24. The molecule has 0 N–H and O–H groups in total. The van der Waals surface area contributed by atoms with E-state index in [2.05, 4.69) is 0 Å². The average Bonchev–Trinajstić information content (AvgIpc) is 2.73. The number of carbonyl (C=O) groups is 2. The molecule has 0 atom stereocenters. The molecule has 2 aromatic carbocycles. The fourth-order valence-electron chi connectivity index (χ4n) is 2.99. The second kappa shape index (κ2) is 8.52. The van der Waals surface area contributed by atoms with Gasteiger partial charge in [0.25, 0.3) is 11.5 Å². The van der Waals surface area contributed by atoms with Crippen molar-refractivity contribution in [1.82, 2.24) is 4.57 Å². The summed E-state index contributed by atoms with van der Waals surface area (Å²) in [6.45, 7) is 0.125. The zero-order valence-electron chi connectivity index (χ0n) is 16.0. The molecular weight excluding hydrogens is 375 g/mol. The van der Waals surface area contributed by atoms with Crippen LogP contribution >= 0.6 is 0 Å². The fraction of sp³-hybridized carbons (Fsp3) is 0.136. The summed E-state index contributed by atoms with van der Waals surface area (Å²) >= 11 is 0. The van der Waals surface area contributed by atoms with E-state index in [1.165, 1.54) is 54.1 Å². The molecule has 0 aliphatic carbocycles. The predicted molar refractivity (Wildman–Crippen MR) is 107 cm³/mol. The number of methoxy groups -OCH3 is 1. The van der Waals surface area contributed by atoms with Crippen LogP contribution in [-0.2, 0) is 11.3 Å². The molecule has 0 radical (unpaired) electrons. The Morgan fingerprint density at radius 1 is 1.03 bits per heavy atom. The van der Waals surface area contributed by atoms with Crippen molar-refractivity contribution in [3.8, 4) is 0 Å². The molecule has 0 saturated carbocycles. The first-order chi connectivity index (χ1) is 13.9. The highest BCUT2D eigenvalue weighted by atomic mass is 19.1. The fourth-order valence-corrected chi connectivity index (χ4v) is 2.99. The number of carbonyl (C=O) groups excluding carboxylic acids is 2. The van der Waals surface area contributed by atoms with Gasteiger partial charge < -0.3 is 14.2 Å². The van der Waals surface area contributed by atoms with Crippen molar-refractivity contribution in [1.29, 1.82) is 0 Å². The van der Waals surface area contributed by atoms with Gasteiger partial charge in [0.15, 0.2) is 0 Å². The molecule has 0 bridgehead atoms. The largest absolute Gasteiger partial charge is 0.465 e. The van der Waals surface area contributed by atoms with Gasteiger partial charge in [-0.2, -0.15) is 0 Å². The van der Waals surface area contributed by atoms with E-state index in [1.807, 2.05) is 0 Å². The lowest BCUT2D eigenvalue weighted by Crippen LogP contribution is -2.35. The maximum Gasteiger partial charge on any atom is 0.339 e. The Morgan fingerprint density at radius 3 is 2.48 bits per heavy atom. The quantitative estimate of drug-likeness (QED) is 0.624. The third-order valence-corrected chi connectivity index (χ3v) is 4.47. The molecule has 0 unspecified atom stereocenters. The van der Waals surface area contributed by atoms with E-state index in [0.29, 0.717) is 11.3 Å². The second-order valence-corrected chi connectivity index (χ2v) is 6.36.